The van der Waals surface area contributed by atoms with E-state index in [1.165, 1.54) is 25.1 Å². The summed E-state index contributed by atoms with van der Waals surface area (Å²) in [4.78, 5) is 9.27. The maximum absolute atomic E-state index is 5.39. The van der Waals surface area contributed by atoms with Gasteiger partial charge < -0.3 is 25.0 Å². The van der Waals surface area contributed by atoms with Crippen molar-refractivity contribution in [1.82, 2.24) is 20.4 Å². The zero-order valence-electron chi connectivity index (χ0n) is 17.7. The number of guanidine groups is 1. The number of benzene rings is 1. The second-order valence-electron chi connectivity index (χ2n) is 7.96. The van der Waals surface area contributed by atoms with E-state index in [9.17, 15) is 0 Å². The second kappa shape index (κ2) is 9.98. The van der Waals surface area contributed by atoms with E-state index in [-0.39, 0.29) is 0 Å². The predicted molar refractivity (Wildman–Crippen MR) is 113 cm³/mol. The zero-order chi connectivity index (χ0) is 19.9. The van der Waals surface area contributed by atoms with Crippen LogP contribution in [0, 0.1) is 5.92 Å². The lowest BCUT2D eigenvalue weighted by atomic mass is 10.1. The van der Waals surface area contributed by atoms with Gasteiger partial charge in [0.05, 0.1) is 14.2 Å². The van der Waals surface area contributed by atoms with Crippen LogP contribution in [-0.4, -0.2) is 82.8 Å². The van der Waals surface area contributed by atoms with Gasteiger partial charge in [-0.2, -0.15) is 0 Å². The lowest BCUT2D eigenvalue weighted by molar-refractivity contribution is 0.321. The molecular formula is C21H35N5O2. The van der Waals surface area contributed by atoms with Crippen molar-refractivity contribution in [1.29, 1.82) is 0 Å². The number of aliphatic imine (C=N–C) groups is 1. The molecule has 0 amide bonds. The lowest BCUT2D eigenvalue weighted by Gasteiger charge is -2.20. The smallest absolute Gasteiger partial charge is 0.191 e. The topological polar surface area (TPSA) is 61.4 Å². The largest absolute Gasteiger partial charge is 0.497 e. The standard InChI is InChI=1S/C21H35N5O2/c1-22-21(23-12-16-5-7-25(2)13-16)24-18-6-8-26(15-18)14-17-9-19(27-3)11-20(10-17)28-4/h9-11,16,18H,5-8,12-15H2,1-4H3,(H2,22,23,24). The summed E-state index contributed by atoms with van der Waals surface area (Å²) in [6.07, 6.45) is 2.38. The van der Waals surface area contributed by atoms with E-state index < -0.39 is 0 Å². The Morgan fingerprint density at radius 2 is 1.86 bits per heavy atom. The fourth-order valence-electron chi connectivity index (χ4n) is 4.13. The summed E-state index contributed by atoms with van der Waals surface area (Å²) in [6.45, 7) is 6.33. The molecule has 2 aliphatic heterocycles. The first-order valence-corrected chi connectivity index (χ1v) is 10.2. The normalized spacial score (nSPS) is 23.8. The van der Waals surface area contributed by atoms with E-state index in [1.807, 2.05) is 13.1 Å². The van der Waals surface area contributed by atoms with Gasteiger partial charge in [-0.15, -0.1) is 0 Å². The molecule has 2 saturated heterocycles. The highest BCUT2D eigenvalue weighted by molar-refractivity contribution is 5.80. The van der Waals surface area contributed by atoms with Gasteiger partial charge in [0, 0.05) is 51.9 Å². The predicted octanol–water partition coefficient (Wildman–Crippen LogP) is 1.39. The zero-order valence-corrected chi connectivity index (χ0v) is 17.7. The average molecular weight is 390 g/mol. The van der Waals surface area contributed by atoms with Crippen LogP contribution < -0.4 is 20.1 Å². The Hall–Kier alpha value is -1.99. The molecule has 2 N–H and O–H groups in total. The molecule has 0 aromatic heterocycles. The van der Waals surface area contributed by atoms with Gasteiger partial charge in [0.2, 0.25) is 0 Å². The van der Waals surface area contributed by atoms with Crippen LogP contribution in [0.1, 0.15) is 18.4 Å². The Morgan fingerprint density at radius 1 is 1.11 bits per heavy atom. The Kier molecular flexibility index (Phi) is 7.39. The van der Waals surface area contributed by atoms with Crippen LogP contribution in [0.4, 0.5) is 0 Å². The molecule has 0 aliphatic carbocycles. The Morgan fingerprint density at radius 3 is 2.46 bits per heavy atom. The molecule has 2 unspecified atom stereocenters. The maximum atomic E-state index is 5.39. The Labute approximate surface area is 169 Å². The van der Waals surface area contributed by atoms with E-state index in [4.69, 9.17) is 9.47 Å². The van der Waals surface area contributed by atoms with Gasteiger partial charge in [-0.25, -0.2) is 0 Å². The fraction of sp³-hybridized carbons (Fsp3) is 0.667. The van der Waals surface area contributed by atoms with Crippen molar-refractivity contribution in [3.63, 3.8) is 0 Å². The van der Waals surface area contributed by atoms with E-state index in [1.54, 1.807) is 14.2 Å². The molecule has 2 heterocycles. The van der Waals surface area contributed by atoms with Gasteiger partial charge in [-0.3, -0.25) is 9.89 Å². The minimum atomic E-state index is 0.421. The summed E-state index contributed by atoms with van der Waals surface area (Å²) in [5.41, 5.74) is 1.21. The van der Waals surface area contributed by atoms with Crippen LogP contribution in [0.25, 0.3) is 0 Å². The van der Waals surface area contributed by atoms with Crippen molar-refractivity contribution >= 4 is 5.96 Å². The van der Waals surface area contributed by atoms with Gasteiger partial charge in [-0.1, -0.05) is 0 Å². The summed E-state index contributed by atoms with van der Waals surface area (Å²) in [5, 5.41) is 7.11. The number of likely N-dealkylation sites (tertiary alicyclic amines) is 2. The van der Waals surface area contributed by atoms with Crippen molar-refractivity contribution < 1.29 is 9.47 Å². The molecule has 3 rings (SSSR count). The average Bonchev–Trinajstić information content (AvgIpc) is 3.33. The monoisotopic (exact) mass is 389 g/mol. The van der Waals surface area contributed by atoms with Crippen molar-refractivity contribution in [3.05, 3.63) is 23.8 Å². The molecule has 1 aromatic rings. The molecule has 7 nitrogen and oxygen atoms in total. The van der Waals surface area contributed by atoms with Crippen molar-refractivity contribution in [3.8, 4) is 11.5 Å². The van der Waals surface area contributed by atoms with Crippen molar-refractivity contribution in [2.24, 2.45) is 10.9 Å². The van der Waals surface area contributed by atoms with Crippen molar-refractivity contribution in [2.45, 2.75) is 25.4 Å². The van der Waals surface area contributed by atoms with Gasteiger partial charge in [0.25, 0.3) is 0 Å². The Bertz CT molecular complexity index is 644. The molecule has 0 bridgehead atoms. The van der Waals surface area contributed by atoms with Crippen LogP contribution >= 0.6 is 0 Å². The lowest BCUT2D eigenvalue weighted by Crippen LogP contribution is -2.46. The maximum Gasteiger partial charge on any atom is 0.191 e. The number of hydrogen-bond donors (Lipinski definition) is 2. The highest BCUT2D eigenvalue weighted by Crippen LogP contribution is 2.24. The highest BCUT2D eigenvalue weighted by Gasteiger charge is 2.24. The van der Waals surface area contributed by atoms with E-state index in [2.05, 4.69) is 44.6 Å². The third kappa shape index (κ3) is 5.75. The number of ether oxygens (including phenoxy) is 2. The van der Waals surface area contributed by atoms with Gasteiger partial charge in [-0.05, 0) is 50.0 Å². The molecule has 0 saturated carbocycles. The molecule has 1 aromatic carbocycles. The molecule has 0 radical (unpaired) electrons. The molecule has 2 atom stereocenters. The minimum absolute atomic E-state index is 0.421. The van der Waals surface area contributed by atoms with Crippen LogP contribution in [0.15, 0.2) is 23.2 Å². The molecule has 156 valence electrons. The van der Waals surface area contributed by atoms with Crippen LogP contribution in [0.5, 0.6) is 11.5 Å². The second-order valence-corrected chi connectivity index (χ2v) is 7.96. The molecular weight excluding hydrogens is 354 g/mol. The van der Waals surface area contributed by atoms with E-state index >= 15 is 0 Å². The van der Waals surface area contributed by atoms with Crippen LogP contribution in [0.3, 0.4) is 0 Å². The summed E-state index contributed by atoms with van der Waals surface area (Å²) >= 11 is 0. The third-order valence-electron chi connectivity index (χ3n) is 5.70. The van der Waals surface area contributed by atoms with Gasteiger partial charge >= 0.3 is 0 Å². The molecule has 0 spiro atoms. The SMILES string of the molecule is CN=C(NCC1CCN(C)C1)NC1CCN(Cc2cc(OC)cc(OC)c2)C1. The van der Waals surface area contributed by atoms with Gasteiger partial charge in [0.15, 0.2) is 5.96 Å². The van der Waals surface area contributed by atoms with Crippen molar-refractivity contribution in [2.75, 3.05) is 61.0 Å². The number of methoxy groups -OCH3 is 2. The first kappa shape index (κ1) is 20.7. The molecule has 28 heavy (non-hydrogen) atoms. The summed E-state index contributed by atoms with van der Waals surface area (Å²) in [6, 6.07) is 6.50. The third-order valence-corrected chi connectivity index (χ3v) is 5.70. The molecule has 2 fully saturated rings. The number of nitrogens with one attached hydrogen (secondary N) is 2. The summed E-state index contributed by atoms with van der Waals surface area (Å²) < 4.78 is 10.8. The van der Waals surface area contributed by atoms with E-state index in [0.717, 1.165) is 50.1 Å². The summed E-state index contributed by atoms with van der Waals surface area (Å²) in [5.74, 6) is 3.31. The minimum Gasteiger partial charge on any atom is -0.497 e. The quantitative estimate of drug-likeness (QED) is 0.543. The summed E-state index contributed by atoms with van der Waals surface area (Å²) in [7, 11) is 7.43. The Balaban J connectivity index is 1.46. The first-order valence-electron chi connectivity index (χ1n) is 10.2. The number of rotatable bonds is 7. The molecule has 7 heteroatoms. The first-order chi connectivity index (χ1) is 13.6. The van der Waals surface area contributed by atoms with Crippen LogP contribution in [-0.2, 0) is 6.54 Å². The number of nitrogens with zero attached hydrogens (tertiary/aromatic N) is 3. The fourth-order valence-corrected chi connectivity index (χ4v) is 4.13. The highest BCUT2D eigenvalue weighted by atomic mass is 16.5. The number of hydrogen-bond acceptors (Lipinski definition) is 5. The van der Waals surface area contributed by atoms with E-state index in [0.29, 0.717) is 12.0 Å². The van der Waals surface area contributed by atoms with Crippen LogP contribution in [0.2, 0.25) is 0 Å². The van der Waals surface area contributed by atoms with Gasteiger partial charge in [0.1, 0.15) is 11.5 Å². The molecule has 2 aliphatic rings.